The molecule has 74 valence electrons. The van der Waals surface area contributed by atoms with Crippen molar-refractivity contribution in [3.8, 4) is 6.07 Å². The van der Waals surface area contributed by atoms with Crippen LogP contribution in [0.1, 0.15) is 16.7 Å². The Morgan fingerprint density at radius 1 is 1.33 bits per heavy atom. The Bertz CT molecular complexity index is 632. The van der Waals surface area contributed by atoms with E-state index >= 15 is 0 Å². The topological polar surface area (TPSA) is 56.6 Å². The fraction of sp³-hybridized carbons (Fsp3) is 0.167. The minimum Gasteiger partial charge on any atom is -0.359 e. The van der Waals surface area contributed by atoms with Crippen molar-refractivity contribution >= 4 is 10.9 Å². The van der Waals surface area contributed by atoms with Crippen molar-refractivity contribution in [3.63, 3.8) is 0 Å². The normalized spacial score (nSPS) is 10.2. The van der Waals surface area contributed by atoms with Gasteiger partial charge in [-0.25, -0.2) is 0 Å². The molecule has 15 heavy (non-hydrogen) atoms. The van der Waals surface area contributed by atoms with Gasteiger partial charge in [0, 0.05) is 11.6 Å². The van der Waals surface area contributed by atoms with Crippen LogP contribution < -0.4 is 5.43 Å². The molecule has 0 unspecified atom stereocenters. The molecule has 0 saturated carbocycles. The van der Waals surface area contributed by atoms with Crippen LogP contribution in [0.25, 0.3) is 10.9 Å². The molecule has 0 bridgehead atoms. The molecule has 0 aliphatic carbocycles. The molecule has 0 atom stereocenters. The fourth-order valence-electron chi connectivity index (χ4n) is 1.63. The van der Waals surface area contributed by atoms with Crippen LogP contribution in [0, 0.1) is 25.2 Å². The summed E-state index contributed by atoms with van der Waals surface area (Å²) in [5, 5.41) is 9.31. The minimum absolute atomic E-state index is 0.158. The molecule has 1 aromatic carbocycles. The van der Waals surface area contributed by atoms with Crippen molar-refractivity contribution in [2.24, 2.45) is 0 Å². The van der Waals surface area contributed by atoms with Crippen molar-refractivity contribution in [1.29, 1.82) is 5.26 Å². The van der Waals surface area contributed by atoms with Gasteiger partial charge in [0.05, 0.1) is 5.52 Å². The van der Waals surface area contributed by atoms with Crippen LogP contribution in [0.4, 0.5) is 0 Å². The number of H-pyrrole nitrogens is 1. The number of aromatic nitrogens is 1. The second-order valence-corrected chi connectivity index (χ2v) is 3.57. The highest BCUT2D eigenvalue weighted by atomic mass is 16.1. The van der Waals surface area contributed by atoms with E-state index in [1.165, 1.54) is 6.20 Å². The lowest BCUT2D eigenvalue weighted by molar-refractivity contribution is 1.29. The SMILES string of the molecule is Cc1ccc2c(=O)c(C#N)c[nH]c2c1C. The summed E-state index contributed by atoms with van der Waals surface area (Å²) in [5.74, 6) is 0. The smallest absolute Gasteiger partial charge is 0.207 e. The van der Waals surface area contributed by atoms with E-state index in [9.17, 15) is 4.79 Å². The highest BCUT2D eigenvalue weighted by Gasteiger charge is 2.06. The van der Waals surface area contributed by atoms with E-state index in [1.54, 1.807) is 6.07 Å². The van der Waals surface area contributed by atoms with Gasteiger partial charge in [0.15, 0.2) is 0 Å². The van der Waals surface area contributed by atoms with Gasteiger partial charge in [-0.15, -0.1) is 0 Å². The van der Waals surface area contributed by atoms with E-state index < -0.39 is 0 Å². The van der Waals surface area contributed by atoms with Crippen LogP contribution >= 0.6 is 0 Å². The molecule has 0 aliphatic rings. The second kappa shape index (κ2) is 3.25. The Morgan fingerprint density at radius 3 is 2.73 bits per heavy atom. The molecule has 1 N–H and O–H groups in total. The highest BCUT2D eigenvalue weighted by molar-refractivity contribution is 5.83. The Labute approximate surface area is 87.0 Å². The Balaban J connectivity index is 3.00. The zero-order valence-corrected chi connectivity index (χ0v) is 8.59. The maximum absolute atomic E-state index is 11.8. The van der Waals surface area contributed by atoms with Gasteiger partial charge in [-0.05, 0) is 31.0 Å². The lowest BCUT2D eigenvalue weighted by Crippen LogP contribution is -2.08. The number of fused-ring (bicyclic) bond motifs is 1. The Kier molecular flexibility index (Phi) is 2.05. The van der Waals surface area contributed by atoms with Crippen LogP contribution in [0.5, 0.6) is 0 Å². The summed E-state index contributed by atoms with van der Waals surface area (Å²) in [7, 11) is 0. The number of nitriles is 1. The van der Waals surface area contributed by atoms with Gasteiger partial charge >= 0.3 is 0 Å². The molecule has 1 aromatic heterocycles. The van der Waals surface area contributed by atoms with Gasteiger partial charge in [0.1, 0.15) is 11.6 Å². The van der Waals surface area contributed by atoms with E-state index in [0.29, 0.717) is 5.39 Å². The first-order valence-electron chi connectivity index (χ1n) is 4.67. The van der Waals surface area contributed by atoms with Crippen LogP contribution in [0.2, 0.25) is 0 Å². The van der Waals surface area contributed by atoms with Gasteiger partial charge in [0.2, 0.25) is 5.43 Å². The number of aryl methyl sites for hydroxylation is 2. The predicted octanol–water partition coefficient (Wildman–Crippen LogP) is 2.02. The average Bonchev–Trinajstić information content (AvgIpc) is 2.24. The van der Waals surface area contributed by atoms with Gasteiger partial charge in [-0.2, -0.15) is 5.26 Å². The average molecular weight is 198 g/mol. The molecule has 2 rings (SSSR count). The molecule has 3 nitrogen and oxygen atoms in total. The van der Waals surface area contributed by atoms with Gasteiger partial charge < -0.3 is 4.98 Å². The van der Waals surface area contributed by atoms with E-state index in [4.69, 9.17) is 5.26 Å². The summed E-state index contributed by atoms with van der Waals surface area (Å²) in [6.45, 7) is 3.95. The Hall–Kier alpha value is -2.08. The molecule has 3 heteroatoms. The van der Waals surface area contributed by atoms with E-state index in [1.807, 2.05) is 26.0 Å². The number of benzene rings is 1. The summed E-state index contributed by atoms with van der Waals surface area (Å²) in [4.78, 5) is 14.8. The van der Waals surface area contributed by atoms with Crippen LogP contribution in [0.3, 0.4) is 0 Å². The van der Waals surface area contributed by atoms with Crippen LogP contribution in [-0.4, -0.2) is 4.98 Å². The van der Waals surface area contributed by atoms with Gasteiger partial charge in [-0.3, -0.25) is 4.79 Å². The van der Waals surface area contributed by atoms with Crippen LogP contribution in [0.15, 0.2) is 23.1 Å². The maximum Gasteiger partial charge on any atom is 0.207 e. The van der Waals surface area contributed by atoms with Gasteiger partial charge in [0.25, 0.3) is 0 Å². The monoisotopic (exact) mass is 198 g/mol. The third kappa shape index (κ3) is 1.31. The van der Waals surface area contributed by atoms with E-state index in [-0.39, 0.29) is 11.0 Å². The number of hydrogen-bond acceptors (Lipinski definition) is 2. The highest BCUT2D eigenvalue weighted by Crippen LogP contribution is 2.16. The number of pyridine rings is 1. The summed E-state index contributed by atoms with van der Waals surface area (Å²) < 4.78 is 0. The molecule has 0 aliphatic heterocycles. The first-order chi connectivity index (χ1) is 7.15. The summed E-state index contributed by atoms with van der Waals surface area (Å²) >= 11 is 0. The number of rotatable bonds is 0. The molecule has 0 amide bonds. The molecule has 0 fully saturated rings. The van der Waals surface area contributed by atoms with Gasteiger partial charge in [-0.1, -0.05) is 6.07 Å². The molecule has 0 spiro atoms. The first-order valence-corrected chi connectivity index (χ1v) is 4.67. The molecule has 2 aromatic rings. The molecular formula is C12H10N2O. The van der Waals surface area contributed by atoms with E-state index in [2.05, 4.69) is 4.98 Å². The summed E-state index contributed by atoms with van der Waals surface area (Å²) in [6.07, 6.45) is 1.47. The molecule has 0 radical (unpaired) electrons. The number of hydrogen-bond donors (Lipinski definition) is 1. The predicted molar refractivity (Wildman–Crippen MR) is 58.8 cm³/mol. The minimum atomic E-state index is -0.200. The Morgan fingerprint density at radius 2 is 2.07 bits per heavy atom. The fourth-order valence-corrected chi connectivity index (χ4v) is 1.63. The van der Waals surface area contributed by atoms with Crippen LogP contribution in [-0.2, 0) is 0 Å². The maximum atomic E-state index is 11.8. The lowest BCUT2D eigenvalue weighted by Gasteiger charge is -2.04. The van der Waals surface area contributed by atoms with Crippen molar-refractivity contribution in [2.45, 2.75) is 13.8 Å². The standard InChI is InChI=1S/C12H10N2O/c1-7-3-4-10-11(8(7)2)14-6-9(5-13)12(10)15/h3-4,6H,1-2H3,(H,14,15). The quantitative estimate of drug-likeness (QED) is 0.704. The zero-order chi connectivity index (χ0) is 11.0. The number of aromatic amines is 1. The lowest BCUT2D eigenvalue weighted by atomic mass is 10.0. The van der Waals surface area contributed by atoms with Crippen molar-refractivity contribution in [2.75, 3.05) is 0 Å². The zero-order valence-electron chi connectivity index (χ0n) is 8.59. The largest absolute Gasteiger partial charge is 0.359 e. The summed E-state index contributed by atoms with van der Waals surface area (Å²) in [5.41, 5.74) is 2.95. The van der Waals surface area contributed by atoms with Crippen molar-refractivity contribution < 1.29 is 0 Å². The number of nitrogens with zero attached hydrogens (tertiary/aromatic N) is 1. The molecule has 0 saturated heterocycles. The first kappa shape index (κ1) is 9.47. The second-order valence-electron chi connectivity index (χ2n) is 3.57. The van der Waals surface area contributed by atoms with Crippen molar-refractivity contribution in [3.05, 3.63) is 45.2 Å². The van der Waals surface area contributed by atoms with Crippen molar-refractivity contribution in [1.82, 2.24) is 4.98 Å². The number of nitrogens with one attached hydrogen (secondary N) is 1. The van der Waals surface area contributed by atoms with E-state index in [0.717, 1.165) is 16.6 Å². The molecule has 1 heterocycles. The third-order valence-electron chi connectivity index (χ3n) is 2.71. The summed E-state index contributed by atoms with van der Waals surface area (Å²) in [6, 6.07) is 5.54. The molecular weight excluding hydrogens is 188 g/mol. The third-order valence-corrected chi connectivity index (χ3v) is 2.71.